The first-order valence-electron chi connectivity index (χ1n) is 5.58. The lowest BCUT2D eigenvalue weighted by Gasteiger charge is -2.21. The van der Waals surface area contributed by atoms with Gasteiger partial charge in [-0.15, -0.1) is 0 Å². The molecule has 17 heavy (non-hydrogen) atoms. The van der Waals surface area contributed by atoms with Crippen molar-refractivity contribution in [3.63, 3.8) is 0 Å². The first-order chi connectivity index (χ1) is 8.02. The van der Waals surface area contributed by atoms with Crippen LogP contribution in [0.5, 0.6) is 0 Å². The van der Waals surface area contributed by atoms with Crippen LogP contribution in [-0.4, -0.2) is 47.0 Å². The zero-order valence-corrected chi connectivity index (χ0v) is 9.52. The van der Waals surface area contributed by atoms with Crippen LogP contribution in [0.15, 0.2) is 0 Å². The van der Waals surface area contributed by atoms with Crippen LogP contribution in [0, 0.1) is 0 Å². The number of nitrogens with one attached hydrogen (secondary N) is 1. The van der Waals surface area contributed by atoms with E-state index in [4.69, 9.17) is 10.8 Å². The lowest BCUT2D eigenvalue weighted by molar-refractivity contribution is -0.141. The molecule has 1 unspecified atom stereocenters. The van der Waals surface area contributed by atoms with Crippen LogP contribution in [0.25, 0.3) is 0 Å². The molecular formula is C10H17N3O4. The van der Waals surface area contributed by atoms with E-state index in [0.717, 1.165) is 0 Å². The van der Waals surface area contributed by atoms with Crippen LogP contribution < -0.4 is 11.1 Å². The smallest absolute Gasteiger partial charge is 0.326 e. The SMILES string of the molecule is NC(=O)CCCNC(=O)N1CCCC1C(=O)O. The summed E-state index contributed by atoms with van der Waals surface area (Å²) in [6.45, 7) is 0.781. The van der Waals surface area contributed by atoms with Gasteiger partial charge in [0, 0.05) is 19.5 Å². The average Bonchev–Trinajstić information content (AvgIpc) is 2.72. The second-order valence-electron chi connectivity index (χ2n) is 3.99. The van der Waals surface area contributed by atoms with Gasteiger partial charge in [-0.2, -0.15) is 0 Å². The van der Waals surface area contributed by atoms with Gasteiger partial charge < -0.3 is 21.1 Å². The summed E-state index contributed by atoms with van der Waals surface area (Å²) in [5.41, 5.74) is 4.95. The number of hydrogen-bond acceptors (Lipinski definition) is 3. The number of nitrogens with two attached hydrogens (primary N) is 1. The molecule has 1 fully saturated rings. The Balaban J connectivity index is 2.32. The summed E-state index contributed by atoms with van der Waals surface area (Å²) in [4.78, 5) is 34.3. The number of hydrogen-bond donors (Lipinski definition) is 3. The van der Waals surface area contributed by atoms with Crippen molar-refractivity contribution in [2.24, 2.45) is 5.73 Å². The Kier molecular flexibility index (Phi) is 4.74. The highest BCUT2D eigenvalue weighted by atomic mass is 16.4. The largest absolute Gasteiger partial charge is 0.480 e. The summed E-state index contributed by atoms with van der Waals surface area (Å²) in [5, 5.41) is 11.5. The predicted octanol–water partition coefficient (Wildman–Crippen LogP) is -0.489. The third-order valence-corrected chi connectivity index (χ3v) is 2.67. The van der Waals surface area contributed by atoms with E-state index < -0.39 is 17.9 Å². The quantitative estimate of drug-likeness (QED) is 0.565. The van der Waals surface area contributed by atoms with Crippen molar-refractivity contribution in [3.05, 3.63) is 0 Å². The number of nitrogens with zero attached hydrogens (tertiary/aromatic N) is 1. The molecule has 0 saturated carbocycles. The van der Waals surface area contributed by atoms with Gasteiger partial charge in [0.05, 0.1) is 0 Å². The summed E-state index contributed by atoms with van der Waals surface area (Å²) < 4.78 is 0. The maximum absolute atomic E-state index is 11.6. The minimum atomic E-state index is -0.977. The number of rotatable bonds is 5. The molecule has 1 saturated heterocycles. The molecule has 1 rings (SSSR count). The number of urea groups is 1. The van der Waals surface area contributed by atoms with Crippen molar-refractivity contribution in [1.82, 2.24) is 10.2 Å². The molecule has 7 nitrogen and oxygen atoms in total. The summed E-state index contributed by atoms with van der Waals surface area (Å²) in [6.07, 6.45) is 1.87. The molecule has 96 valence electrons. The molecular weight excluding hydrogens is 226 g/mol. The Morgan fingerprint density at radius 2 is 2.12 bits per heavy atom. The fourth-order valence-corrected chi connectivity index (χ4v) is 1.83. The lowest BCUT2D eigenvalue weighted by atomic mass is 10.2. The van der Waals surface area contributed by atoms with Gasteiger partial charge in [-0.25, -0.2) is 9.59 Å². The van der Waals surface area contributed by atoms with Crippen molar-refractivity contribution in [2.75, 3.05) is 13.1 Å². The van der Waals surface area contributed by atoms with Crippen molar-refractivity contribution < 1.29 is 19.5 Å². The highest BCUT2D eigenvalue weighted by Crippen LogP contribution is 2.17. The molecule has 4 N–H and O–H groups in total. The van der Waals surface area contributed by atoms with Crippen molar-refractivity contribution in [2.45, 2.75) is 31.7 Å². The highest BCUT2D eigenvalue weighted by molar-refractivity contribution is 5.83. The first-order valence-corrected chi connectivity index (χ1v) is 5.58. The van der Waals surface area contributed by atoms with Crippen LogP contribution in [0.1, 0.15) is 25.7 Å². The zero-order chi connectivity index (χ0) is 12.8. The Hall–Kier alpha value is -1.79. The van der Waals surface area contributed by atoms with E-state index in [0.29, 0.717) is 32.4 Å². The molecule has 0 radical (unpaired) electrons. The third-order valence-electron chi connectivity index (χ3n) is 2.67. The monoisotopic (exact) mass is 243 g/mol. The van der Waals surface area contributed by atoms with E-state index in [1.165, 1.54) is 4.90 Å². The minimum absolute atomic E-state index is 0.211. The molecule has 1 aliphatic rings. The van der Waals surface area contributed by atoms with Crippen molar-refractivity contribution in [1.29, 1.82) is 0 Å². The molecule has 1 heterocycles. The molecule has 0 bridgehead atoms. The van der Waals surface area contributed by atoms with Gasteiger partial charge in [-0.1, -0.05) is 0 Å². The highest BCUT2D eigenvalue weighted by Gasteiger charge is 2.33. The average molecular weight is 243 g/mol. The number of carbonyl (C=O) groups excluding carboxylic acids is 2. The first kappa shape index (κ1) is 13.3. The Bertz CT molecular complexity index is 319. The van der Waals surface area contributed by atoms with Crippen LogP contribution in [0.3, 0.4) is 0 Å². The molecule has 3 amide bonds. The standard InChI is InChI=1S/C10H17N3O4/c11-8(14)4-1-5-12-10(17)13-6-2-3-7(13)9(15)16/h7H,1-6H2,(H2,11,14)(H,12,17)(H,15,16). The summed E-state index contributed by atoms with van der Waals surface area (Å²) in [5.74, 6) is -1.39. The van der Waals surface area contributed by atoms with Gasteiger partial charge in [0.2, 0.25) is 5.91 Å². The van der Waals surface area contributed by atoms with E-state index >= 15 is 0 Å². The summed E-state index contributed by atoms with van der Waals surface area (Å²) in [6, 6.07) is -1.12. The molecule has 7 heteroatoms. The zero-order valence-electron chi connectivity index (χ0n) is 9.52. The number of amides is 3. The molecule has 0 aromatic carbocycles. The second-order valence-corrected chi connectivity index (χ2v) is 3.99. The topological polar surface area (TPSA) is 113 Å². The van der Waals surface area contributed by atoms with E-state index in [1.54, 1.807) is 0 Å². The van der Waals surface area contributed by atoms with Crippen molar-refractivity contribution in [3.8, 4) is 0 Å². The molecule has 0 aliphatic carbocycles. The van der Waals surface area contributed by atoms with E-state index in [9.17, 15) is 14.4 Å². The van der Waals surface area contributed by atoms with Gasteiger partial charge >= 0.3 is 12.0 Å². The fourth-order valence-electron chi connectivity index (χ4n) is 1.83. The van der Waals surface area contributed by atoms with E-state index in [2.05, 4.69) is 5.32 Å². The molecule has 1 aliphatic heterocycles. The predicted molar refractivity (Wildman–Crippen MR) is 59.2 cm³/mol. The molecule has 0 aromatic heterocycles. The van der Waals surface area contributed by atoms with Gasteiger partial charge in [0.15, 0.2) is 0 Å². The number of carboxylic acid groups (broad SMARTS) is 1. The fraction of sp³-hybridized carbons (Fsp3) is 0.700. The van der Waals surface area contributed by atoms with Crippen molar-refractivity contribution >= 4 is 17.9 Å². The van der Waals surface area contributed by atoms with Gasteiger partial charge in [0.1, 0.15) is 6.04 Å². The maximum atomic E-state index is 11.6. The molecule has 0 aromatic rings. The second kappa shape index (κ2) is 6.07. The number of aliphatic carboxylic acids is 1. The van der Waals surface area contributed by atoms with E-state index in [-0.39, 0.29) is 12.5 Å². The van der Waals surface area contributed by atoms with Gasteiger partial charge in [-0.3, -0.25) is 4.79 Å². The Morgan fingerprint density at radius 3 is 2.71 bits per heavy atom. The number of carboxylic acids is 1. The van der Waals surface area contributed by atoms with Crippen LogP contribution in [-0.2, 0) is 9.59 Å². The number of likely N-dealkylation sites (tertiary alicyclic amines) is 1. The van der Waals surface area contributed by atoms with Crippen LogP contribution in [0.2, 0.25) is 0 Å². The van der Waals surface area contributed by atoms with Gasteiger partial charge in [-0.05, 0) is 19.3 Å². The van der Waals surface area contributed by atoms with E-state index in [1.807, 2.05) is 0 Å². The Labute approximate surface area is 98.9 Å². The Morgan fingerprint density at radius 1 is 1.41 bits per heavy atom. The summed E-state index contributed by atoms with van der Waals surface area (Å²) in [7, 11) is 0. The molecule has 0 spiro atoms. The summed E-state index contributed by atoms with van der Waals surface area (Å²) >= 11 is 0. The van der Waals surface area contributed by atoms with Crippen LogP contribution in [0.4, 0.5) is 4.79 Å². The van der Waals surface area contributed by atoms with Gasteiger partial charge in [0.25, 0.3) is 0 Å². The third kappa shape index (κ3) is 3.93. The maximum Gasteiger partial charge on any atom is 0.326 e. The normalized spacial score (nSPS) is 19.1. The lowest BCUT2D eigenvalue weighted by Crippen LogP contribution is -2.46. The molecule has 1 atom stereocenters. The number of primary amides is 1. The minimum Gasteiger partial charge on any atom is -0.480 e. The number of carbonyl (C=O) groups is 3. The van der Waals surface area contributed by atoms with Crippen LogP contribution >= 0.6 is 0 Å².